The summed E-state index contributed by atoms with van der Waals surface area (Å²) in [6, 6.07) is 12.2. The lowest BCUT2D eigenvalue weighted by Crippen LogP contribution is -1.91. The Kier molecular flexibility index (Phi) is 3.44. The van der Waals surface area contributed by atoms with Crippen molar-refractivity contribution < 1.29 is 13.2 Å². The molecule has 0 unspecified atom stereocenters. The molecule has 2 aromatic rings. The highest BCUT2D eigenvalue weighted by Crippen LogP contribution is 2.29. The first-order valence-electron chi connectivity index (χ1n) is 6.37. The Morgan fingerprint density at radius 3 is 2.25 bits per heavy atom. The normalized spacial score (nSPS) is 14.1. The van der Waals surface area contributed by atoms with Crippen LogP contribution < -0.4 is 4.74 Å². The molecule has 0 bridgehead atoms. The number of fused-ring (bicyclic) bond motifs is 1. The Labute approximate surface area is 122 Å². The molecule has 0 atom stereocenters. The van der Waals surface area contributed by atoms with Gasteiger partial charge in [-0.15, -0.1) is 0 Å². The highest BCUT2D eigenvalue weighted by atomic mass is 35.7. The fourth-order valence-corrected chi connectivity index (χ4v) is 3.19. The van der Waals surface area contributed by atoms with Crippen LogP contribution in [0.3, 0.4) is 0 Å². The molecule has 1 aliphatic rings. The number of rotatable bonds is 3. The first kappa shape index (κ1) is 13.5. The van der Waals surface area contributed by atoms with Gasteiger partial charge in [0.25, 0.3) is 9.05 Å². The van der Waals surface area contributed by atoms with Gasteiger partial charge in [0.2, 0.25) is 0 Å². The van der Waals surface area contributed by atoms with E-state index < -0.39 is 9.05 Å². The molecule has 0 amide bonds. The van der Waals surface area contributed by atoms with Crippen LogP contribution in [0.2, 0.25) is 0 Å². The van der Waals surface area contributed by atoms with Crippen LogP contribution in [0.1, 0.15) is 17.5 Å². The number of ether oxygens (including phenoxy) is 1. The summed E-state index contributed by atoms with van der Waals surface area (Å²) in [6.07, 6.45) is 3.43. The van der Waals surface area contributed by atoms with Crippen LogP contribution in [0.25, 0.3) is 0 Å². The molecule has 0 radical (unpaired) electrons. The minimum absolute atomic E-state index is 0.0699. The molecule has 0 fully saturated rings. The third-order valence-electron chi connectivity index (χ3n) is 3.41. The van der Waals surface area contributed by atoms with Gasteiger partial charge in [0.15, 0.2) is 0 Å². The van der Waals surface area contributed by atoms with Crippen LogP contribution in [-0.4, -0.2) is 8.42 Å². The van der Waals surface area contributed by atoms with Gasteiger partial charge in [-0.05, 0) is 66.8 Å². The summed E-state index contributed by atoms with van der Waals surface area (Å²) < 4.78 is 28.0. The molecule has 0 N–H and O–H groups in total. The van der Waals surface area contributed by atoms with Crippen molar-refractivity contribution in [1.29, 1.82) is 0 Å². The number of hydrogen-bond acceptors (Lipinski definition) is 3. The smallest absolute Gasteiger partial charge is 0.261 e. The largest absolute Gasteiger partial charge is 0.457 e. The quantitative estimate of drug-likeness (QED) is 0.808. The Hall–Kier alpha value is -1.52. The van der Waals surface area contributed by atoms with Gasteiger partial charge in [-0.1, -0.05) is 6.07 Å². The van der Waals surface area contributed by atoms with E-state index in [0.29, 0.717) is 5.75 Å². The van der Waals surface area contributed by atoms with E-state index in [-0.39, 0.29) is 4.90 Å². The lowest BCUT2D eigenvalue weighted by atomic mass is 10.1. The topological polar surface area (TPSA) is 43.4 Å². The van der Waals surface area contributed by atoms with E-state index in [1.807, 2.05) is 6.07 Å². The molecular weight excluding hydrogens is 296 g/mol. The lowest BCUT2D eigenvalue weighted by molar-refractivity contribution is 0.481. The summed E-state index contributed by atoms with van der Waals surface area (Å²) in [7, 11) is 1.58. The average molecular weight is 309 g/mol. The maximum Gasteiger partial charge on any atom is 0.261 e. The lowest BCUT2D eigenvalue weighted by Gasteiger charge is -2.08. The van der Waals surface area contributed by atoms with E-state index in [0.717, 1.165) is 18.6 Å². The van der Waals surface area contributed by atoms with Crippen LogP contribution in [0.15, 0.2) is 47.4 Å². The Bertz CT molecular complexity index is 736. The predicted molar refractivity (Wildman–Crippen MR) is 78.0 cm³/mol. The molecule has 0 aromatic heterocycles. The molecule has 0 saturated heterocycles. The Balaban J connectivity index is 1.81. The van der Waals surface area contributed by atoms with Crippen LogP contribution in [0, 0.1) is 0 Å². The van der Waals surface area contributed by atoms with Crippen LogP contribution in [0.5, 0.6) is 11.5 Å². The van der Waals surface area contributed by atoms with Gasteiger partial charge >= 0.3 is 0 Å². The molecule has 3 nitrogen and oxygen atoms in total. The van der Waals surface area contributed by atoms with Crippen molar-refractivity contribution in [2.24, 2.45) is 0 Å². The molecule has 3 rings (SSSR count). The predicted octanol–water partition coefficient (Wildman–Crippen LogP) is 3.90. The van der Waals surface area contributed by atoms with Crippen molar-refractivity contribution in [3.05, 3.63) is 53.6 Å². The Morgan fingerprint density at radius 2 is 1.55 bits per heavy atom. The summed E-state index contributed by atoms with van der Waals surface area (Å²) in [5.74, 6) is 1.36. The first-order chi connectivity index (χ1) is 9.52. The van der Waals surface area contributed by atoms with Gasteiger partial charge in [0.1, 0.15) is 11.5 Å². The highest BCUT2D eigenvalue weighted by molar-refractivity contribution is 8.13. The molecule has 1 aliphatic carbocycles. The van der Waals surface area contributed by atoms with Gasteiger partial charge in [-0.3, -0.25) is 0 Å². The molecule has 0 aliphatic heterocycles. The summed E-state index contributed by atoms with van der Waals surface area (Å²) in [4.78, 5) is 0.0699. The van der Waals surface area contributed by atoms with Gasteiger partial charge in [0.05, 0.1) is 4.90 Å². The third kappa shape index (κ3) is 2.81. The van der Waals surface area contributed by atoms with E-state index in [2.05, 4.69) is 12.1 Å². The van der Waals surface area contributed by atoms with Gasteiger partial charge in [0, 0.05) is 10.7 Å². The van der Waals surface area contributed by atoms with Crippen molar-refractivity contribution in [3.8, 4) is 11.5 Å². The second-order valence-corrected chi connectivity index (χ2v) is 7.36. The number of halogens is 1. The molecular formula is C15H13ClO3S. The van der Waals surface area contributed by atoms with Crippen molar-refractivity contribution in [3.63, 3.8) is 0 Å². The van der Waals surface area contributed by atoms with Gasteiger partial charge < -0.3 is 4.74 Å². The van der Waals surface area contributed by atoms with Crippen molar-refractivity contribution in [2.45, 2.75) is 24.2 Å². The minimum Gasteiger partial charge on any atom is -0.457 e. The van der Waals surface area contributed by atoms with Crippen LogP contribution in [0.4, 0.5) is 0 Å². The zero-order valence-electron chi connectivity index (χ0n) is 10.7. The molecule has 0 saturated carbocycles. The van der Waals surface area contributed by atoms with E-state index in [1.165, 1.54) is 29.7 Å². The zero-order valence-corrected chi connectivity index (χ0v) is 12.2. The van der Waals surface area contributed by atoms with E-state index in [4.69, 9.17) is 15.4 Å². The number of aryl methyl sites for hydroxylation is 2. The zero-order chi connectivity index (χ0) is 14.2. The SMILES string of the molecule is O=S(=O)(Cl)c1ccc(Oc2ccc3c(c2)CCC3)cc1. The molecule has 5 heteroatoms. The van der Waals surface area contributed by atoms with Crippen molar-refractivity contribution in [2.75, 3.05) is 0 Å². The molecule has 0 heterocycles. The average Bonchev–Trinajstić information content (AvgIpc) is 2.86. The van der Waals surface area contributed by atoms with Gasteiger partial charge in [-0.25, -0.2) is 8.42 Å². The molecule has 104 valence electrons. The fraction of sp³-hybridized carbons (Fsp3) is 0.200. The molecule has 2 aromatic carbocycles. The van der Waals surface area contributed by atoms with Crippen molar-refractivity contribution >= 4 is 19.7 Å². The second kappa shape index (κ2) is 5.11. The first-order valence-corrected chi connectivity index (χ1v) is 8.68. The van der Waals surface area contributed by atoms with Crippen LogP contribution >= 0.6 is 10.7 Å². The Morgan fingerprint density at radius 1 is 0.900 bits per heavy atom. The van der Waals surface area contributed by atoms with E-state index >= 15 is 0 Å². The summed E-state index contributed by atoms with van der Waals surface area (Å²) in [6.45, 7) is 0. The summed E-state index contributed by atoms with van der Waals surface area (Å²) in [5.41, 5.74) is 2.73. The van der Waals surface area contributed by atoms with Crippen molar-refractivity contribution in [1.82, 2.24) is 0 Å². The summed E-state index contributed by atoms with van der Waals surface area (Å²) >= 11 is 0. The third-order valence-corrected chi connectivity index (χ3v) is 4.78. The maximum atomic E-state index is 11.2. The fourth-order valence-electron chi connectivity index (χ4n) is 2.42. The standard InChI is InChI=1S/C15H13ClO3S/c16-20(17,18)15-8-6-13(7-9-15)19-14-5-4-11-2-1-3-12(11)10-14/h4-10H,1-3H2. The van der Waals surface area contributed by atoms with Gasteiger partial charge in [-0.2, -0.15) is 0 Å². The monoisotopic (exact) mass is 308 g/mol. The highest BCUT2D eigenvalue weighted by Gasteiger charge is 2.12. The van der Waals surface area contributed by atoms with Crippen LogP contribution in [-0.2, 0) is 21.9 Å². The second-order valence-electron chi connectivity index (χ2n) is 4.80. The van der Waals surface area contributed by atoms with E-state index in [1.54, 1.807) is 12.1 Å². The summed E-state index contributed by atoms with van der Waals surface area (Å²) in [5, 5.41) is 0. The maximum absolute atomic E-state index is 11.2. The molecule has 20 heavy (non-hydrogen) atoms. The van der Waals surface area contributed by atoms with E-state index in [9.17, 15) is 8.42 Å². The number of benzene rings is 2. The molecule has 0 spiro atoms. The minimum atomic E-state index is -3.68. The number of hydrogen-bond donors (Lipinski definition) is 0.